The highest BCUT2D eigenvalue weighted by Gasteiger charge is 2.42. The number of anilines is 1. The monoisotopic (exact) mass is 510 g/mol. The lowest BCUT2D eigenvalue weighted by molar-refractivity contribution is 0.0600. The van der Waals surface area contributed by atoms with Gasteiger partial charge >= 0.3 is 5.97 Å². The van der Waals surface area contributed by atoms with Gasteiger partial charge in [0.05, 0.1) is 30.5 Å². The predicted octanol–water partition coefficient (Wildman–Crippen LogP) is 6.07. The highest BCUT2D eigenvalue weighted by atomic mass is 32.1. The van der Waals surface area contributed by atoms with Gasteiger partial charge in [0.15, 0.2) is 5.11 Å². The van der Waals surface area contributed by atoms with E-state index in [4.69, 9.17) is 17.0 Å². The Balaban J connectivity index is 1.68. The molecule has 0 saturated carbocycles. The molecule has 0 radical (unpaired) electrons. The van der Waals surface area contributed by atoms with Gasteiger partial charge in [-0.1, -0.05) is 18.2 Å². The van der Waals surface area contributed by atoms with Gasteiger partial charge in [0.25, 0.3) is 0 Å². The standard InChI is InChI=1S/C30H30N4O2S/c1-18-13-19(2)15-24(14-18)34-28(27(32-30(34)37)26-11-6-7-12-31-26)25-16-20(3)33(21(25)4)23-10-8-9-22(17-23)29(35)36-5/h6-17,27-28H,1-5H3,(H,32,37). The summed E-state index contributed by atoms with van der Waals surface area (Å²) in [6, 6.07) is 22.0. The summed E-state index contributed by atoms with van der Waals surface area (Å²) in [5.41, 5.74) is 9.05. The summed E-state index contributed by atoms with van der Waals surface area (Å²) >= 11 is 5.93. The van der Waals surface area contributed by atoms with Crippen LogP contribution < -0.4 is 10.2 Å². The molecule has 1 saturated heterocycles. The van der Waals surface area contributed by atoms with Gasteiger partial charge in [-0.3, -0.25) is 4.98 Å². The second kappa shape index (κ2) is 9.82. The molecule has 7 heteroatoms. The SMILES string of the molecule is COC(=O)c1cccc(-n2c(C)cc(C3C(c4ccccn4)NC(=S)N3c3cc(C)cc(C)c3)c2C)c1. The van der Waals surface area contributed by atoms with Crippen LogP contribution in [-0.4, -0.2) is 27.7 Å². The van der Waals surface area contributed by atoms with Crippen molar-refractivity contribution in [2.75, 3.05) is 12.0 Å². The molecular weight excluding hydrogens is 480 g/mol. The van der Waals surface area contributed by atoms with E-state index in [-0.39, 0.29) is 18.1 Å². The number of hydrogen-bond acceptors (Lipinski definition) is 4. The molecule has 2 unspecified atom stereocenters. The fourth-order valence-electron chi connectivity index (χ4n) is 5.41. The lowest BCUT2D eigenvalue weighted by Crippen LogP contribution is -2.29. The largest absolute Gasteiger partial charge is 0.465 e. The van der Waals surface area contributed by atoms with Crippen molar-refractivity contribution < 1.29 is 9.53 Å². The maximum absolute atomic E-state index is 12.2. The van der Waals surface area contributed by atoms with E-state index in [1.807, 2.05) is 42.6 Å². The number of hydrogen-bond donors (Lipinski definition) is 1. The molecule has 0 amide bonds. The van der Waals surface area contributed by atoms with E-state index in [9.17, 15) is 4.79 Å². The second-order valence-corrected chi connectivity index (χ2v) is 9.93. The smallest absolute Gasteiger partial charge is 0.337 e. The molecular formula is C30H30N4O2S. The average Bonchev–Trinajstić information content (AvgIpc) is 3.38. The number of carbonyl (C=O) groups is 1. The third-order valence-electron chi connectivity index (χ3n) is 6.90. The van der Waals surface area contributed by atoms with Crippen molar-refractivity contribution in [3.63, 3.8) is 0 Å². The first-order valence-electron chi connectivity index (χ1n) is 12.2. The van der Waals surface area contributed by atoms with E-state index in [0.717, 1.165) is 34.0 Å². The third kappa shape index (κ3) is 4.51. The molecule has 6 nitrogen and oxygen atoms in total. The third-order valence-corrected chi connectivity index (χ3v) is 7.21. The Morgan fingerprint density at radius 2 is 1.70 bits per heavy atom. The first-order chi connectivity index (χ1) is 17.8. The topological polar surface area (TPSA) is 59.4 Å². The molecule has 2 aromatic carbocycles. The van der Waals surface area contributed by atoms with Crippen LogP contribution in [0, 0.1) is 27.7 Å². The number of rotatable bonds is 5. The summed E-state index contributed by atoms with van der Waals surface area (Å²) in [6.45, 7) is 8.41. The highest BCUT2D eigenvalue weighted by molar-refractivity contribution is 7.80. The number of benzene rings is 2. The minimum atomic E-state index is -0.355. The molecule has 4 aromatic rings. The number of ether oxygens (including phenoxy) is 1. The summed E-state index contributed by atoms with van der Waals surface area (Å²) in [4.78, 5) is 19.1. The molecule has 2 atom stereocenters. The van der Waals surface area contributed by atoms with Crippen molar-refractivity contribution in [3.8, 4) is 5.69 Å². The van der Waals surface area contributed by atoms with Crippen LogP contribution in [0.4, 0.5) is 5.69 Å². The van der Waals surface area contributed by atoms with Crippen molar-refractivity contribution in [3.05, 3.63) is 112 Å². The normalized spacial score (nSPS) is 17.1. The molecule has 1 aliphatic heterocycles. The number of esters is 1. The van der Waals surface area contributed by atoms with E-state index in [2.05, 4.69) is 71.7 Å². The molecule has 0 bridgehead atoms. The van der Waals surface area contributed by atoms with Gasteiger partial charge in [-0.2, -0.15) is 0 Å². The molecule has 1 fully saturated rings. The highest BCUT2D eigenvalue weighted by Crippen LogP contribution is 2.44. The van der Waals surface area contributed by atoms with Crippen molar-refractivity contribution in [1.82, 2.24) is 14.9 Å². The summed E-state index contributed by atoms with van der Waals surface area (Å²) in [5, 5.41) is 4.23. The number of pyridine rings is 1. The number of nitrogens with zero attached hydrogens (tertiary/aromatic N) is 3. The zero-order valence-corrected chi connectivity index (χ0v) is 22.5. The fourth-order valence-corrected chi connectivity index (χ4v) is 5.76. The number of aromatic nitrogens is 2. The first-order valence-corrected chi connectivity index (χ1v) is 12.7. The molecule has 37 heavy (non-hydrogen) atoms. The number of thiocarbonyl (C=S) groups is 1. The van der Waals surface area contributed by atoms with Gasteiger partial charge in [0, 0.05) is 29.0 Å². The van der Waals surface area contributed by atoms with E-state index in [0.29, 0.717) is 10.7 Å². The molecule has 5 rings (SSSR count). The summed E-state index contributed by atoms with van der Waals surface area (Å²) < 4.78 is 7.13. The summed E-state index contributed by atoms with van der Waals surface area (Å²) in [5.74, 6) is -0.355. The van der Waals surface area contributed by atoms with Gasteiger partial charge in [0.2, 0.25) is 0 Å². The van der Waals surface area contributed by atoms with E-state index < -0.39 is 0 Å². The van der Waals surface area contributed by atoms with E-state index in [1.165, 1.54) is 18.2 Å². The van der Waals surface area contributed by atoms with Crippen LogP contribution in [0.5, 0.6) is 0 Å². The van der Waals surface area contributed by atoms with Crippen molar-refractivity contribution in [2.45, 2.75) is 39.8 Å². The van der Waals surface area contributed by atoms with Crippen molar-refractivity contribution >= 4 is 29.0 Å². The Kier molecular flexibility index (Phi) is 6.56. The molecule has 0 aliphatic carbocycles. The van der Waals surface area contributed by atoms with Crippen LogP contribution in [0.25, 0.3) is 5.69 Å². The number of carbonyl (C=O) groups excluding carboxylic acids is 1. The van der Waals surface area contributed by atoms with E-state index >= 15 is 0 Å². The molecule has 1 aliphatic rings. The van der Waals surface area contributed by atoms with Gasteiger partial charge < -0.3 is 19.5 Å². The van der Waals surface area contributed by atoms with Crippen molar-refractivity contribution in [1.29, 1.82) is 0 Å². The lowest BCUT2D eigenvalue weighted by atomic mass is 9.96. The zero-order valence-electron chi connectivity index (χ0n) is 21.6. The Morgan fingerprint density at radius 1 is 0.946 bits per heavy atom. The Labute approximate surface area is 222 Å². The predicted molar refractivity (Wildman–Crippen MR) is 150 cm³/mol. The van der Waals surface area contributed by atoms with Crippen LogP contribution in [-0.2, 0) is 4.74 Å². The first kappa shape index (κ1) is 24.7. The lowest BCUT2D eigenvalue weighted by Gasteiger charge is -2.29. The Morgan fingerprint density at radius 3 is 2.38 bits per heavy atom. The molecule has 1 N–H and O–H groups in total. The van der Waals surface area contributed by atoms with Crippen LogP contribution in [0.3, 0.4) is 0 Å². The van der Waals surface area contributed by atoms with Gasteiger partial charge in [-0.25, -0.2) is 4.79 Å². The number of nitrogens with one attached hydrogen (secondary N) is 1. The molecule has 2 aromatic heterocycles. The second-order valence-electron chi connectivity index (χ2n) is 9.55. The fraction of sp³-hybridized carbons (Fsp3) is 0.233. The minimum Gasteiger partial charge on any atom is -0.465 e. The zero-order chi connectivity index (χ0) is 26.3. The maximum atomic E-state index is 12.2. The summed E-state index contributed by atoms with van der Waals surface area (Å²) in [6.07, 6.45) is 1.82. The quantitative estimate of drug-likeness (QED) is 0.260. The number of methoxy groups -OCH3 is 1. The van der Waals surface area contributed by atoms with Gasteiger partial charge in [0.1, 0.15) is 0 Å². The average molecular weight is 511 g/mol. The van der Waals surface area contributed by atoms with Gasteiger partial charge in [-0.15, -0.1) is 0 Å². The molecule has 3 heterocycles. The van der Waals surface area contributed by atoms with Gasteiger partial charge in [-0.05, 0) is 105 Å². The Hall–Kier alpha value is -3.97. The number of aryl methyl sites for hydroxylation is 3. The van der Waals surface area contributed by atoms with Crippen molar-refractivity contribution in [2.24, 2.45) is 0 Å². The maximum Gasteiger partial charge on any atom is 0.337 e. The molecule has 0 spiro atoms. The van der Waals surface area contributed by atoms with E-state index in [1.54, 1.807) is 6.07 Å². The van der Waals surface area contributed by atoms with Crippen LogP contribution in [0.1, 0.15) is 56.2 Å². The molecule has 188 valence electrons. The summed E-state index contributed by atoms with van der Waals surface area (Å²) in [7, 11) is 1.40. The van der Waals surface area contributed by atoms with Crippen LogP contribution in [0.15, 0.2) is 72.9 Å². The minimum absolute atomic E-state index is 0.118. The van der Waals surface area contributed by atoms with Crippen LogP contribution in [0.2, 0.25) is 0 Å². The van der Waals surface area contributed by atoms with Crippen LogP contribution >= 0.6 is 12.2 Å². The Bertz CT molecular complexity index is 1470.